The molecule has 108 valence electrons. The highest BCUT2D eigenvalue weighted by Gasteiger charge is 2.22. The Balaban J connectivity index is 4.41. The lowest BCUT2D eigenvalue weighted by molar-refractivity contribution is 0.0489. The average molecular weight is 300 g/mol. The molecular formula is C11H22ClNO4S. The van der Waals surface area contributed by atoms with E-state index in [-0.39, 0.29) is 24.1 Å². The largest absolute Gasteiger partial charge is 0.444 e. The summed E-state index contributed by atoms with van der Waals surface area (Å²) >= 11 is 0. The van der Waals surface area contributed by atoms with Crippen molar-refractivity contribution in [1.82, 2.24) is 5.32 Å². The van der Waals surface area contributed by atoms with Crippen LogP contribution in [0.2, 0.25) is 0 Å². The SMILES string of the molecule is CC(C)C(CCS(=O)(=O)Cl)NC(=O)OC(C)(C)C. The van der Waals surface area contributed by atoms with Gasteiger partial charge in [0.2, 0.25) is 9.05 Å². The highest BCUT2D eigenvalue weighted by atomic mass is 35.7. The van der Waals surface area contributed by atoms with E-state index in [2.05, 4.69) is 5.32 Å². The van der Waals surface area contributed by atoms with E-state index in [9.17, 15) is 13.2 Å². The van der Waals surface area contributed by atoms with Gasteiger partial charge in [-0.1, -0.05) is 13.8 Å². The lowest BCUT2D eigenvalue weighted by atomic mass is 10.0. The number of ether oxygens (including phenoxy) is 1. The van der Waals surface area contributed by atoms with Crippen LogP contribution in [-0.4, -0.2) is 31.9 Å². The number of carbonyl (C=O) groups is 1. The molecule has 5 nitrogen and oxygen atoms in total. The third-order valence-electron chi connectivity index (χ3n) is 2.18. The quantitative estimate of drug-likeness (QED) is 0.792. The van der Waals surface area contributed by atoms with Crippen molar-refractivity contribution in [2.75, 3.05) is 5.75 Å². The predicted molar refractivity (Wildman–Crippen MR) is 72.3 cm³/mol. The van der Waals surface area contributed by atoms with E-state index in [1.54, 1.807) is 20.8 Å². The zero-order chi connectivity index (χ0) is 14.6. The maximum atomic E-state index is 11.6. The van der Waals surface area contributed by atoms with Crippen LogP contribution >= 0.6 is 10.7 Å². The van der Waals surface area contributed by atoms with Crippen LogP contribution in [0.1, 0.15) is 41.0 Å². The van der Waals surface area contributed by atoms with Crippen LogP contribution in [0.4, 0.5) is 4.79 Å². The molecule has 0 radical (unpaired) electrons. The van der Waals surface area contributed by atoms with Crippen LogP contribution in [0, 0.1) is 5.92 Å². The average Bonchev–Trinajstić information content (AvgIpc) is 2.06. The van der Waals surface area contributed by atoms with Crippen molar-refractivity contribution >= 4 is 25.8 Å². The van der Waals surface area contributed by atoms with Crippen LogP contribution < -0.4 is 5.32 Å². The molecule has 0 aliphatic rings. The summed E-state index contributed by atoms with van der Waals surface area (Å²) < 4.78 is 26.9. The molecule has 1 amide bonds. The van der Waals surface area contributed by atoms with Gasteiger partial charge in [0, 0.05) is 16.7 Å². The third kappa shape index (κ3) is 9.53. The Labute approximate surface area is 114 Å². The van der Waals surface area contributed by atoms with Crippen molar-refractivity contribution in [3.63, 3.8) is 0 Å². The molecular weight excluding hydrogens is 278 g/mol. The molecule has 0 rings (SSSR count). The second-order valence-corrected chi connectivity index (χ2v) is 8.42. The maximum Gasteiger partial charge on any atom is 0.407 e. The normalized spacial score (nSPS) is 14.4. The maximum absolute atomic E-state index is 11.6. The summed E-state index contributed by atoms with van der Waals surface area (Å²) in [5.41, 5.74) is -0.579. The van der Waals surface area contributed by atoms with Crippen molar-refractivity contribution in [1.29, 1.82) is 0 Å². The molecule has 0 aromatic carbocycles. The molecule has 0 saturated heterocycles. The highest BCUT2D eigenvalue weighted by molar-refractivity contribution is 8.13. The van der Waals surface area contributed by atoms with Gasteiger partial charge in [0.15, 0.2) is 0 Å². The lowest BCUT2D eigenvalue weighted by Crippen LogP contribution is -2.42. The van der Waals surface area contributed by atoms with Crippen LogP contribution in [-0.2, 0) is 13.8 Å². The molecule has 0 aromatic heterocycles. The Morgan fingerprint density at radius 1 is 1.33 bits per heavy atom. The Bertz CT molecular complexity index is 373. The van der Waals surface area contributed by atoms with Crippen LogP contribution in [0.5, 0.6) is 0 Å². The van der Waals surface area contributed by atoms with E-state index in [0.29, 0.717) is 0 Å². The van der Waals surface area contributed by atoms with Gasteiger partial charge in [-0.2, -0.15) is 0 Å². The highest BCUT2D eigenvalue weighted by Crippen LogP contribution is 2.12. The van der Waals surface area contributed by atoms with Crippen LogP contribution in [0.25, 0.3) is 0 Å². The zero-order valence-electron chi connectivity index (χ0n) is 11.5. The van der Waals surface area contributed by atoms with Crippen molar-refractivity contribution in [2.45, 2.75) is 52.7 Å². The van der Waals surface area contributed by atoms with Gasteiger partial charge in [0.05, 0.1) is 5.75 Å². The van der Waals surface area contributed by atoms with E-state index in [1.807, 2.05) is 13.8 Å². The number of rotatable bonds is 5. The fraction of sp³-hybridized carbons (Fsp3) is 0.909. The Morgan fingerprint density at radius 2 is 1.83 bits per heavy atom. The molecule has 0 fully saturated rings. The molecule has 0 saturated carbocycles. The van der Waals surface area contributed by atoms with Crippen molar-refractivity contribution in [3.05, 3.63) is 0 Å². The summed E-state index contributed by atoms with van der Waals surface area (Å²) in [5.74, 6) is -0.0800. The second-order valence-electron chi connectivity index (χ2n) is 5.53. The minimum atomic E-state index is -3.54. The standard InChI is InChI=1S/C11H22ClNO4S/c1-8(2)9(6-7-18(12,15)16)13-10(14)17-11(3,4)5/h8-9H,6-7H2,1-5H3,(H,13,14). The number of alkyl carbamates (subject to hydrolysis) is 1. The van der Waals surface area contributed by atoms with E-state index in [1.165, 1.54) is 0 Å². The molecule has 0 aliphatic carbocycles. The number of amides is 1. The molecule has 7 heteroatoms. The van der Waals surface area contributed by atoms with Gasteiger partial charge in [0.25, 0.3) is 0 Å². The summed E-state index contributed by atoms with van der Waals surface area (Å²) in [6, 6.07) is -0.284. The minimum Gasteiger partial charge on any atom is -0.444 e. The zero-order valence-corrected chi connectivity index (χ0v) is 13.1. The van der Waals surface area contributed by atoms with E-state index < -0.39 is 20.7 Å². The molecule has 1 unspecified atom stereocenters. The Morgan fingerprint density at radius 3 is 2.17 bits per heavy atom. The third-order valence-corrected chi connectivity index (χ3v) is 3.37. The van der Waals surface area contributed by atoms with Gasteiger partial charge in [-0.25, -0.2) is 13.2 Å². The summed E-state index contributed by atoms with van der Waals surface area (Å²) in [6.07, 6.45) is -0.281. The van der Waals surface area contributed by atoms with Gasteiger partial charge in [-0.05, 0) is 33.1 Å². The second kappa shape index (κ2) is 6.61. The van der Waals surface area contributed by atoms with Gasteiger partial charge >= 0.3 is 6.09 Å². The minimum absolute atomic E-state index is 0.0935. The fourth-order valence-electron chi connectivity index (χ4n) is 1.30. The molecule has 1 N–H and O–H groups in total. The topological polar surface area (TPSA) is 72.5 Å². The van der Waals surface area contributed by atoms with Gasteiger partial charge in [0.1, 0.15) is 5.60 Å². The van der Waals surface area contributed by atoms with E-state index >= 15 is 0 Å². The van der Waals surface area contributed by atoms with Gasteiger partial charge in [-0.3, -0.25) is 0 Å². The molecule has 1 atom stereocenters. The summed E-state index contributed by atoms with van der Waals surface area (Å²) in [6.45, 7) is 9.08. The van der Waals surface area contributed by atoms with E-state index in [0.717, 1.165) is 0 Å². The molecule has 0 bridgehead atoms. The number of nitrogens with one attached hydrogen (secondary N) is 1. The molecule has 0 aliphatic heterocycles. The number of carbonyl (C=O) groups excluding carboxylic acids is 1. The van der Waals surface area contributed by atoms with Crippen LogP contribution in [0.3, 0.4) is 0 Å². The lowest BCUT2D eigenvalue weighted by Gasteiger charge is -2.25. The first kappa shape index (κ1) is 17.5. The summed E-state index contributed by atoms with van der Waals surface area (Å²) in [5, 5.41) is 2.66. The van der Waals surface area contributed by atoms with Gasteiger partial charge < -0.3 is 10.1 Å². The van der Waals surface area contributed by atoms with Gasteiger partial charge in [-0.15, -0.1) is 0 Å². The number of hydrogen-bond acceptors (Lipinski definition) is 4. The molecule has 18 heavy (non-hydrogen) atoms. The smallest absolute Gasteiger partial charge is 0.407 e. The van der Waals surface area contributed by atoms with Crippen molar-refractivity contribution in [3.8, 4) is 0 Å². The molecule has 0 spiro atoms. The number of halogens is 1. The summed E-state index contributed by atoms with van der Waals surface area (Å²) in [4.78, 5) is 11.6. The first-order valence-electron chi connectivity index (χ1n) is 5.82. The number of hydrogen-bond donors (Lipinski definition) is 1. The Hall–Kier alpha value is -0.490. The molecule has 0 aromatic rings. The monoisotopic (exact) mass is 299 g/mol. The van der Waals surface area contributed by atoms with Crippen molar-refractivity contribution < 1.29 is 17.9 Å². The summed E-state index contributed by atoms with van der Waals surface area (Å²) in [7, 11) is 1.61. The van der Waals surface area contributed by atoms with Crippen molar-refractivity contribution in [2.24, 2.45) is 5.92 Å². The first-order valence-corrected chi connectivity index (χ1v) is 8.30. The molecule has 0 heterocycles. The first-order chi connectivity index (χ1) is 7.91. The predicted octanol–water partition coefficient (Wildman–Crippen LogP) is 2.49. The van der Waals surface area contributed by atoms with Crippen LogP contribution in [0.15, 0.2) is 0 Å². The Kier molecular flexibility index (Phi) is 6.43. The van der Waals surface area contributed by atoms with E-state index in [4.69, 9.17) is 15.4 Å². The fourth-order valence-corrected chi connectivity index (χ4v) is 2.10.